The fourth-order valence-electron chi connectivity index (χ4n) is 6.62. The highest BCUT2D eigenvalue weighted by Crippen LogP contribution is 2.44. The highest BCUT2D eigenvalue weighted by Gasteiger charge is 2.28. The van der Waals surface area contributed by atoms with Gasteiger partial charge in [-0.1, -0.05) is 126 Å². The zero-order valence-corrected chi connectivity index (χ0v) is 29.4. The van der Waals surface area contributed by atoms with Crippen LogP contribution < -0.4 is 0 Å². The molecule has 7 rings (SSSR count). The maximum absolute atomic E-state index is 12.0. The molecule has 0 aliphatic heterocycles. The lowest BCUT2D eigenvalue weighted by atomic mass is 9.79. The van der Waals surface area contributed by atoms with Crippen molar-refractivity contribution in [1.82, 2.24) is 14.5 Å². The van der Waals surface area contributed by atoms with Gasteiger partial charge in [-0.25, -0.2) is 4.98 Å². The molecule has 0 atom stereocenters. The molecule has 0 amide bonds. The number of phenolic OH excluding ortho intramolecular Hbond substituents is 1. The van der Waals surface area contributed by atoms with Crippen LogP contribution in [0, 0.1) is 6.92 Å². The predicted octanol–water partition coefficient (Wildman–Crippen LogP) is 11.7. The molecule has 244 valence electrons. The van der Waals surface area contributed by atoms with Gasteiger partial charge in [-0.15, -0.1) is 0 Å². The van der Waals surface area contributed by atoms with Gasteiger partial charge in [0.2, 0.25) is 0 Å². The summed E-state index contributed by atoms with van der Waals surface area (Å²) in [5, 5.41) is 12.0. The second-order valence-corrected chi connectivity index (χ2v) is 15.0. The van der Waals surface area contributed by atoms with Crippen LogP contribution >= 0.6 is 0 Å². The lowest BCUT2D eigenvalue weighted by Crippen LogP contribution is -2.17. The number of aromatic hydroxyl groups is 1. The van der Waals surface area contributed by atoms with E-state index in [1.165, 1.54) is 11.1 Å². The average Bonchev–Trinajstić information content (AvgIpc) is 3.48. The lowest BCUT2D eigenvalue weighted by Gasteiger charge is -2.27. The van der Waals surface area contributed by atoms with Gasteiger partial charge < -0.3 is 5.11 Å². The number of pyridine rings is 1. The van der Waals surface area contributed by atoms with Crippen molar-refractivity contribution < 1.29 is 5.11 Å². The van der Waals surface area contributed by atoms with Gasteiger partial charge in [-0.05, 0) is 82.0 Å². The van der Waals surface area contributed by atoms with E-state index in [9.17, 15) is 5.11 Å². The van der Waals surface area contributed by atoms with Crippen molar-refractivity contribution in [3.63, 3.8) is 0 Å². The molecular weight excluding hydrogens is 599 g/mol. The molecule has 4 heteroatoms. The molecule has 0 aliphatic rings. The van der Waals surface area contributed by atoms with E-state index in [4.69, 9.17) is 9.97 Å². The van der Waals surface area contributed by atoms with Gasteiger partial charge in [-0.3, -0.25) is 9.55 Å². The summed E-state index contributed by atoms with van der Waals surface area (Å²) in [6, 6.07) is 42.2. The second kappa shape index (κ2) is 12.2. The third-order valence-corrected chi connectivity index (χ3v) is 9.38. The summed E-state index contributed by atoms with van der Waals surface area (Å²) < 4.78 is 2.18. The summed E-state index contributed by atoms with van der Waals surface area (Å²) >= 11 is 0. The van der Waals surface area contributed by atoms with Crippen LogP contribution in [0.3, 0.4) is 0 Å². The Morgan fingerprint density at radius 3 is 1.94 bits per heavy atom. The van der Waals surface area contributed by atoms with E-state index in [1.807, 2.05) is 30.5 Å². The van der Waals surface area contributed by atoms with Gasteiger partial charge in [0.1, 0.15) is 11.6 Å². The molecule has 0 aliphatic carbocycles. The quantitative estimate of drug-likeness (QED) is 0.203. The summed E-state index contributed by atoms with van der Waals surface area (Å²) in [5.41, 5.74) is 12.8. The Morgan fingerprint density at radius 1 is 0.592 bits per heavy atom. The maximum Gasteiger partial charge on any atom is 0.149 e. The molecule has 2 aromatic heterocycles. The van der Waals surface area contributed by atoms with E-state index >= 15 is 0 Å². The van der Waals surface area contributed by atoms with Crippen molar-refractivity contribution in [2.45, 2.75) is 59.3 Å². The average molecular weight is 642 g/mol. The molecule has 0 radical (unpaired) electrons. The van der Waals surface area contributed by atoms with Crippen molar-refractivity contribution in [3.05, 3.63) is 144 Å². The number of para-hydroxylation sites is 2. The van der Waals surface area contributed by atoms with Gasteiger partial charge in [0, 0.05) is 28.6 Å². The highest BCUT2D eigenvalue weighted by molar-refractivity contribution is 5.96. The summed E-state index contributed by atoms with van der Waals surface area (Å²) in [4.78, 5) is 10.2. The summed E-state index contributed by atoms with van der Waals surface area (Å²) in [6.07, 6.45) is 1.96. The normalized spacial score (nSPS) is 12.1. The molecule has 7 aromatic rings. The number of nitrogens with zero attached hydrogens (tertiary/aromatic N) is 3. The first-order valence-corrected chi connectivity index (χ1v) is 17.0. The number of phenols is 1. The van der Waals surface area contributed by atoms with E-state index in [1.54, 1.807) is 0 Å². The molecule has 0 saturated heterocycles. The number of aryl methyl sites for hydroxylation is 1. The van der Waals surface area contributed by atoms with E-state index in [-0.39, 0.29) is 16.6 Å². The van der Waals surface area contributed by atoms with Crippen LogP contribution in [-0.4, -0.2) is 19.6 Å². The van der Waals surface area contributed by atoms with Gasteiger partial charge in [0.15, 0.2) is 0 Å². The third-order valence-electron chi connectivity index (χ3n) is 9.38. The molecular formula is C45H43N3O. The van der Waals surface area contributed by atoms with E-state index in [0.717, 1.165) is 61.4 Å². The van der Waals surface area contributed by atoms with Crippen LogP contribution in [0.2, 0.25) is 0 Å². The third kappa shape index (κ3) is 6.04. The number of benzene rings is 5. The van der Waals surface area contributed by atoms with Gasteiger partial charge in [0.05, 0.1) is 22.3 Å². The number of fused-ring (bicyclic) bond motifs is 1. The number of rotatable bonds is 5. The minimum atomic E-state index is -0.264. The molecule has 5 aromatic carbocycles. The summed E-state index contributed by atoms with van der Waals surface area (Å²) in [6.45, 7) is 15.2. The summed E-state index contributed by atoms with van der Waals surface area (Å²) in [7, 11) is 0. The SMILES string of the molecule is Cc1cnc(-c2cccc(-c3cccc4c3nc(-c3cc(C(C)(C)C)cc(C(C)(C)C)c3O)n4-c3ccccc3)c2)cc1-c1ccccc1. The molecule has 0 fully saturated rings. The number of hydrogen-bond donors (Lipinski definition) is 1. The van der Waals surface area contributed by atoms with Crippen molar-refractivity contribution >= 4 is 11.0 Å². The Labute approximate surface area is 289 Å². The van der Waals surface area contributed by atoms with Crippen LogP contribution in [0.15, 0.2) is 128 Å². The molecule has 0 saturated carbocycles. The zero-order valence-electron chi connectivity index (χ0n) is 29.4. The number of aromatic nitrogens is 3. The Balaban J connectivity index is 1.45. The molecule has 1 N–H and O–H groups in total. The first-order chi connectivity index (χ1) is 23.4. The monoisotopic (exact) mass is 641 g/mol. The van der Waals surface area contributed by atoms with Crippen molar-refractivity contribution in [3.8, 4) is 56.3 Å². The Morgan fingerprint density at radius 2 is 1.24 bits per heavy atom. The lowest BCUT2D eigenvalue weighted by molar-refractivity contribution is 0.446. The first-order valence-electron chi connectivity index (χ1n) is 17.0. The van der Waals surface area contributed by atoms with Crippen LogP contribution in [0.25, 0.3) is 61.6 Å². The minimum absolute atomic E-state index is 0.123. The largest absolute Gasteiger partial charge is 0.507 e. The zero-order chi connectivity index (χ0) is 34.5. The predicted molar refractivity (Wildman–Crippen MR) is 204 cm³/mol. The van der Waals surface area contributed by atoms with Crippen LogP contribution in [0.5, 0.6) is 5.75 Å². The van der Waals surface area contributed by atoms with E-state index in [2.05, 4.69) is 150 Å². The molecule has 0 spiro atoms. The minimum Gasteiger partial charge on any atom is -0.507 e. The Hall–Kier alpha value is -5.48. The van der Waals surface area contributed by atoms with Crippen LogP contribution in [0.1, 0.15) is 58.2 Å². The Bertz CT molecular complexity index is 2300. The molecule has 2 heterocycles. The maximum atomic E-state index is 12.0. The van der Waals surface area contributed by atoms with Crippen molar-refractivity contribution in [1.29, 1.82) is 0 Å². The molecule has 0 bridgehead atoms. The van der Waals surface area contributed by atoms with Crippen molar-refractivity contribution in [2.75, 3.05) is 0 Å². The van der Waals surface area contributed by atoms with Crippen LogP contribution in [0.4, 0.5) is 0 Å². The summed E-state index contributed by atoms with van der Waals surface area (Å²) in [5.74, 6) is 0.989. The number of hydrogen-bond acceptors (Lipinski definition) is 3. The highest BCUT2D eigenvalue weighted by atomic mass is 16.3. The topological polar surface area (TPSA) is 50.9 Å². The van der Waals surface area contributed by atoms with E-state index in [0.29, 0.717) is 5.82 Å². The molecule has 49 heavy (non-hydrogen) atoms. The first kappa shape index (κ1) is 32.1. The van der Waals surface area contributed by atoms with Crippen LogP contribution in [-0.2, 0) is 10.8 Å². The smallest absolute Gasteiger partial charge is 0.149 e. The van der Waals surface area contributed by atoms with Crippen molar-refractivity contribution in [2.24, 2.45) is 0 Å². The standard InChI is InChI=1S/C45H43N3O/c1-29-28-46-39(27-36(29)30-16-10-8-11-17-30)32-19-14-18-31(24-32)35-22-15-23-40-41(35)47-43(48(40)34-20-12-9-13-21-34)37-25-33(44(2,3)4)26-38(42(37)49)45(5,6)7/h8-28,49H,1-7H3. The number of imidazole rings is 1. The van der Waals surface area contributed by atoms with Gasteiger partial charge >= 0.3 is 0 Å². The molecule has 4 nitrogen and oxygen atoms in total. The Kier molecular flexibility index (Phi) is 7.99. The van der Waals surface area contributed by atoms with Gasteiger partial charge in [-0.2, -0.15) is 0 Å². The van der Waals surface area contributed by atoms with E-state index < -0.39 is 0 Å². The van der Waals surface area contributed by atoms with Gasteiger partial charge in [0.25, 0.3) is 0 Å². The fraction of sp³-hybridized carbons (Fsp3) is 0.200. The fourth-order valence-corrected chi connectivity index (χ4v) is 6.62. The molecule has 0 unspecified atom stereocenters. The second-order valence-electron chi connectivity index (χ2n) is 15.0.